The molecule has 0 atom stereocenters. The Labute approximate surface area is 355 Å². The standard InChI is InChI=1S/C55H42O6/c1-58-45-27-23-43(24-28-45)53(56)60-47-31-19-41(20-32-47)39-15-11-37(12-16-39)35-55(51-9-5-3-7-49(51)50-8-4-6-10-52(50)55)36-38-13-17-40(18-14-38)42-21-33-48(34-22-42)61-54(57)44-25-29-46(59-2)30-26-44/h3-34H,35-36H2,1-2H3. The second kappa shape index (κ2) is 16.9. The van der Waals surface area contributed by atoms with Crippen molar-refractivity contribution < 1.29 is 28.5 Å². The SMILES string of the molecule is COc1ccc(C(=O)Oc2ccc(-c3ccc(CC4(Cc5ccc(-c6ccc(OC(=O)c7ccc(OC)cc7)cc6)cc5)c5ccccc5-c5ccccc54)cc3)cc2)cc1. The molecule has 6 heteroatoms. The van der Waals surface area contributed by atoms with Crippen LogP contribution in [0, 0.1) is 0 Å². The van der Waals surface area contributed by atoms with E-state index in [-0.39, 0.29) is 5.41 Å². The van der Waals surface area contributed by atoms with Crippen LogP contribution in [0.3, 0.4) is 0 Å². The van der Waals surface area contributed by atoms with Crippen molar-refractivity contribution in [2.24, 2.45) is 0 Å². The molecule has 1 aliphatic carbocycles. The van der Waals surface area contributed by atoms with Crippen LogP contribution in [0.5, 0.6) is 23.0 Å². The lowest BCUT2D eigenvalue weighted by Gasteiger charge is -2.33. The van der Waals surface area contributed by atoms with Crippen molar-refractivity contribution in [3.63, 3.8) is 0 Å². The topological polar surface area (TPSA) is 71.1 Å². The summed E-state index contributed by atoms with van der Waals surface area (Å²) in [6.45, 7) is 0. The highest BCUT2D eigenvalue weighted by Gasteiger charge is 2.43. The van der Waals surface area contributed by atoms with Crippen molar-refractivity contribution in [1.29, 1.82) is 0 Å². The van der Waals surface area contributed by atoms with E-state index in [1.165, 1.54) is 33.4 Å². The summed E-state index contributed by atoms with van der Waals surface area (Å²) < 4.78 is 21.7. The van der Waals surface area contributed by atoms with Crippen LogP contribution in [0.4, 0.5) is 0 Å². The van der Waals surface area contributed by atoms with Gasteiger partial charge in [0, 0.05) is 5.41 Å². The van der Waals surface area contributed by atoms with E-state index in [9.17, 15) is 9.59 Å². The molecule has 0 unspecified atom stereocenters. The monoisotopic (exact) mass is 798 g/mol. The molecule has 0 N–H and O–H groups in total. The molecule has 0 aliphatic heterocycles. The zero-order valence-electron chi connectivity index (χ0n) is 33.8. The van der Waals surface area contributed by atoms with Crippen LogP contribution in [-0.4, -0.2) is 26.2 Å². The average molecular weight is 799 g/mol. The van der Waals surface area contributed by atoms with Crippen LogP contribution in [-0.2, 0) is 18.3 Å². The van der Waals surface area contributed by atoms with E-state index < -0.39 is 11.9 Å². The van der Waals surface area contributed by atoms with E-state index in [0.29, 0.717) is 34.1 Å². The molecular weight excluding hydrogens is 757 g/mol. The first-order valence-electron chi connectivity index (χ1n) is 20.2. The molecule has 0 aromatic heterocycles. The molecule has 6 nitrogen and oxygen atoms in total. The number of methoxy groups -OCH3 is 2. The minimum Gasteiger partial charge on any atom is -0.497 e. The molecule has 0 amide bonds. The number of ether oxygens (including phenoxy) is 4. The normalized spacial score (nSPS) is 12.2. The molecule has 298 valence electrons. The molecular formula is C55H42O6. The molecule has 0 bridgehead atoms. The molecule has 0 fully saturated rings. The maximum absolute atomic E-state index is 12.7. The van der Waals surface area contributed by atoms with Crippen LogP contribution < -0.4 is 18.9 Å². The van der Waals surface area contributed by atoms with Gasteiger partial charge in [-0.2, -0.15) is 0 Å². The highest BCUT2D eigenvalue weighted by atomic mass is 16.5. The lowest BCUT2D eigenvalue weighted by molar-refractivity contribution is 0.0725. The third-order valence-corrected chi connectivity index (χ3v) is 11.5. The van der Waals surface area contributed by atoms with E-state index in [0.717, 1.165) is 35.1 Å². The highest BCUT2D eigenvalue weighted by molar-refractivity contribution is 5.92. The maximum atomic E-state index is 12.7. The predicted molar refractivity (Wildman–Crippen MR) is 240 cm³/mol. The summed E-state index contributed by atoms with van der Waals surface area (Å²) in [4.78, 5) is 25.4. The molecule has 0 radical (unpaired) electrons. The number of esters is 2. The minimum atomic E-state index is -0.419. The van der Waals surface area contributed by atoms with Gasteiger partial charge in [-0.05, 0) is 141 Å². The highest BCUT2D eigenvalue weighted by Crippen LogP contribution is 2.52. The summed E-state index contributed by atoms with van der Waals surface area (Å²) in [5.74, 6) is 1.49. The molecule has 0 saturated heterocycles. The first-order valence-corrected chi connectivity index (χ1v) is 20.2. The fourth-order valence-corrected chi connectivity index (χ4v) is 8.40. The third kappa shape index (κ3) is 8.04. The Kier molecular flexibility index (Phi) is 10.7. The Balaban J connectivity index is 0.932. The van der Waals surface area contributed by atoms with Gasteiger partial charge in [-0.1, -0.05) is 121 Å². The summed E-state index contributed by atoms with van der Waals surface area (Å²) in [5.41, 5.74) is 12.6. The quantitative estimate of drug-likeness (QED) is 0.0905. The lowest BCUT2D eigenvalue weighted by Crippen LogP contribution is -2.31. The van der Waals surface area contributed by atoms with E-state index in [1.54, 1.807) is 62.8 Å². The van der Waals surface area contributed by atoms with Crippen LogP contribution in [0.1, 0.15) is 43.0 Å². The number of carbonyl (C=O) groups is 2. The first-order chi connectivity index (χ1) is 29.9. The first kappa shape index (κ1) is 38.8. The van der Waals surface area contributed by atoms with E-state index in [2.05, 4.69) is 97.1 Å². The van der Waals surface area contributed by atoms with Crippen molar-refractivity contribution in [2.75, 3.05) is 14.2 Å². The molecule has 0 heterocycles. The van der Waals surface area contributed by atoms with Gasteiger partial charge in [0.15, 0.2) is 0 Å². The maximum Gasteiger partial charge on any atom is 0.343 e. The van der Waals surface area contributed by atoms with Gasteiger partial charge in [-0.3, -0.25) is 0 Å². The molecule has 0 spiro atoms. The van der Waals surface area contributed by atoms with Gasteiger partial charge >= 0.3 is 11.9 Å². The van der Waals surface area contributed by atoms with Crippen LogP contribution in [0.15, 0.2) is 194 Å². The van der Waals surface area contributed by atoms with Crippen molar-refractivity contribution in [1.82, 2.24) is 0 Å². The van der Waals surface area contributed by atoms with Gasteiger partial charge in [0.2, 0.25) is 0 Å². The average Bonchev–Trinajstić information content (AvgIpc) is 3.58. The Morgan fingerprint density at radius 3 is 1.03 bits per heavy atom. The second-order valence-electron chi connectivity index (χ2n) is 15.2. The zero-order chi connectivity index (χ0) is 41.8. The van der Waals surface area contributed by atoms with Gasteiger partial charge in [-0.15, -0.1) is 0 Å². The fourth-order valence-electron chi connectivity index (χ4n) is 8.40. The molecule has 1 aliphatic rings. The number of fused-ring (bicyclic) bond motifs is 3. The number of benzene rings is 8. The molecule has 8 aromatic carbocycles. The number of hydrogen-bond acceptors (Lipinski definition) is 6. The Morgan fingerprint density at radius 2 is 0.689 bits per heavy atom. The molecule has 61 heavy (non-hydrogen) atoms. The van der Waals surface area contributed by atoms with E-state index >= 15 is 0 Å². The van der Waals surface area contributed by atoms with Crippen LogP contribution >= 0.6 is 0 Å². The third-order valence-electron chi connectivity index (χ3n) is 11.5. The minimum absolute atomic E-state index is 0.291. The van der Waals surface area contributed by atoms with Crippen molar-refractivity contribution in [3.05, 3.63) is 228 Å². The smallest absolute Gasteiger partial charge is 0.343 e. The van der Waals surface area contributed by atoms with Gasteiger partial charge in [-0.25, -0.2) is 9.59 Å². The molecule has 8 aromatic rings. The fraction of sp³-hybridized carbons (Fsp3) is 0.0909. The van der Waals surface area contributed by atoms with Crippen molar-refractivity contribution in [2.45, 2.75) is 18.3 Å². The summed E-state index contributed by atoms with van der Waals surface area (Å²) in [6, 6.07) is 64.2. The van der Waals surface area contributed by atoms with Gasteiger partial charge < -0.3 is 18.9 Å². The summed E-state index contributed by atoms with van der Waals surface area (Å²) >= 11 is 0. The van der Waals surface area contributed by atoms with E-state index in [4.69, 9.17) is 18.9 Å². The van der Waals surface area contributed by atoms with Crippen molar-refractivity contribution in [3.8, 4) is 56.4 Å². The molecule has 9 rings (SSSR count). The number of rotatable bonds is 12. The van der Waals surface area contributed by atoms with Gasteiger partial charge in [0.1, 0.15) is 23.0 Å². The molecule has 0 saturated carbocycles. The van der Waals surface area contributed by atoms with Crippen molar-refractivity contribution >= 4 is 11.9 Å². The number of hydrogen-bond donors (Lipinski definition) is 0. The summed E-state index contributed by atoms with van der Waals surface area (Å²) in [6.07, 6.45) is 1.64. The van der Waals surface area contributed by atoms with Crippen LogP contribution in [0.25, 0.3) is 33.4 Å². The summed E-state index contributed by atoms with van der Waals surface area (Å²) in [5, 5.41) is 0. The Morgan fingerprint density at radius 1 is 0.377 bits per heavy atom. The Bertz CT molecular complexity index is 2610. The zero-order valence-corrected chi connectivity index (χ0v) is 33.8. The summed E-state index contributed by atoms with van der Waals surface area (Å²) in [7, 11) is 3.18. The van der Waals surface area contributed by atoms with Crippen LogP contribution in [0.2, 0.25) is 0 Å². The van der Waals surface area contributed by atoms with Gasteiger partial charge in [0.05, 0.1) is 25.3 Å². The number of carbonyl (C=O) groups excluding carboxylic acids is 2. The lowest BCUT2D eigenvalue weighted by atomic mass is 9.69. The largest absolute Gasteiger partial charge is 0.497 e. The van der Waals surface area contributed by atoms with Gasteiger partial charge in [0.25, 0.3) is 0 Å². The Hall–Kier alpha value is -7.70. The predicted octanol–water partition coefficient (Wildman–Crippen LogP) is 12.2. The second-order valence-corrected chi connectivity index (χ2v) is 15.2. The van der Waals surface area contributed by atoms with E-state index in [1.807, 2.05) is 48.5 Å².